The SMILES string of the molecule is Cc1ccc2c(c1C)NCC2C(N)C(=O)O. The maximum atomic E-state index is 10.9. The molecule has 86 valence electrons. The molecule has 1 aromatic rings. The number of nitrogens with one attached hydrogen (secondary N) is 1. The van der Waals surface area contributed by atoms with Crippen LogP contribution < -0.4 is 11.1 Å². The highest BCUT2D eigenvalue weighted by molar-refractivity contribution is 5.77. The zero-order valence-electron chi connectivity index (χ0n) is 9.45. The van der Waals surface area contributed by atoms with Crippen molar-refractivity contribution in [2.24, 2.45) is 5.73 Å². The summed E-state index contributed by atoms with van der Waals surface area (Å²) in [6.45, 7) is 4.69. The summed E-state index contributed by atoms with van der Waals surface area (Å²) in [6, 6.07) is 3.16. The highest BCUT2D eigenvalue weighted by atomic mass is 16.4. The van der Waals surface area contributed by atoms with Crippen LogP contribution in [0.25, 0.3) is 0 Å². The van der Waals surface area contributed by atoms with Crippen LogP contribution in [0.5, 0.6) is 0 Å². The Kier molecular flexibility index (Phi) is 2.59. The molecule has 1 aliphatic heterocycles. The predicted molar refractivity (Wildman–Crippen MR) is 62.8 cm³/mol. The van der Waals surface area contributed by atoms with E-state index in [-0.39, 0.29) is 5.92 Å². The first-order valence-corrected chi connectivity index (χ1v) is 5.34. The van der Waals surface area contributed by atoms with Crippen molar-refractivity contribution in [2.75, 3.05) is 11.9 Å². The maximum absolute atomic E-state index is 10.9. The lowest BCUT2D eigenvalue weighted by Crippen LogP contribution is -2.37. The van der Waals surface area contributed by atoms with Crippen LogP contribution in [0, 0.1) is 13.8 Å². The molecule has 0 aliphatic carbocycles. The van der Waals surface area contributed by atoms with Gasteiger partial charge in [0.15, 0.2) is 0 Å². The molecule has 4 nitrogen and oxygen atoms in total. The molecule has 0 saturated heterocycles. The number of carbonyl (C=O) groups is 1. The van der Waals surface area contributed by atoms with Crippen molar-refractivity contribution in [3.05, 3.63) is 28.8 Å². The quantitative estimate of drug-likeness (QED) is 0.700. The van der Waals surface area contributed by atoms with Crippen LogP contribution in [0.3, 0.4) is 0 Å². The van der Waals surface area contributed by atoms with E-state index in [1.165, 1.54) is 11.1 Å². The summed E-state index contributed by atoms with van der Waals surface area (Å²) in [5, 5.41) is 12.2. The minimum absolute atomic E-state index is 0.133. The first kappa shape index (κ1) is 11.0. The summed E-state index contributed by atoms with van der Waals surface area (Å²) in [5.41, 5.74) is 10.2. The number of carboxylic acids is 1. The zero-order chi connectivity index (χ0) is 11.9. The van der Waals surface area contributed by atoms with Crippen LogP contribution in [-0.2, 0) is 4.79 Å². The van der Waals surface area contributed by atoms with Gasteiger partial charge in [-0.1, -0.05) is 12.1 Å². The number of aryl methyl sites for hydroxylation is 1. The van der Waals surface area contributed by atoms with Gasteiger partial charge in [-0.2, -0.15) is 0 Å². The molecule has 0 spiro atoms. The first-order chi connectivity index (χ1) is 7.52. The van der Waals surface area contributed by atoms with E-state index < -0.39 is 12.0 Å². The number of carboxylic acid groups (broad SMARTS) is 1. The highest BCUT2D eigenvalue weighted by Gasteiger charge is 2.32. The van der Waals surface area contributed by atoms with E-state index in [0.717, 1.165) is 11.3 Å². The Hall–Kier alpha value is -1.55. The molecular weight excluding hydrogens is 204 g/mol. The van der Waals surface area contributed by atoms with Crippen molar-refractivity contribution in [2.45, 2.75) is 25.8 Å². The Morgan fingerprint density at radius 3 is 2.88 bits per heavy atom. The Balaban J connectivity index is 2.41. The second kappa shape index (κ2) is 3.79. The summed E-state index contributed by atoms with van der Waals surface area (Å²) < 4.78 is 0. The fourth-order valence-electron chi connectivity index (χ4n) is 2.19. The first-order valence-electron chi connectivity index (χ1n) is 5.34. The molecule has 0 bridgehead atoms. The van der Waals surface area contributed by atoms with Crippen LogP contribution in [0.15, 0.2) is 12.1 Å². The van der Waals surface area contributed by atoms with E-state index in [1.54, 1.807) is 0 Å². The van der Waals surface area contributed by atoms with Gasteiger partial charge in [-0.15, -0.1) is 0 Å². The number of nitrogens with two attached hydrogens (primary N) is 1. The van der Waals surface area contributed by atoms with Gasteiger partial charge in [0.05, 0.1) is 0 Å². The van der Waals surface area contributed by atoms with Crippen LogP contribution in [-0.4, -0.2) is 23.7 Å². The van der Waals surface area contributed by atoms with Gasteiger partial charge < -0.3 is 16.2 Å². The normalized spacial score (nSPS) is 20.1. The summed E-state index contributed by atoms with van der Waals surface area (Å²) in [5.74, 6) is -1.08. The Labute approximate surface area is 94.5 Å². The standard InChI is InChI=1S/C12H16N2O2/c1-6-3-4-8-9(10(13)12(15)16)5-14-11(8)7(6)2/h3-4,9-10,14H,5,13H2,1-2H3,(H,15,16). The number of hydrogen-bond donors (Lipinski definition) is 3. The molecule has 2 rings (SSSR count). The minimum atomic E-state index is -0.946. The van der Waals surface area contributed by atoms with Gasteiger partial charge in [-0.3, -0.25) is 4.79 Å². The van der Waals surface area contributed by atoms with Gasteiger partial charge in [0.25, 0.3) is 0 Å². The Bertz CT molecular complexity index is 443. The topological polar surface area (TPSA) is 75.3 Å². The Morgan fingerprint density at radius 1 is 1.56 bits per heavy atom. The van der Waals surface area contributed by atoms with Gasteiger partial charge in [-0.25, -0.2) is 0 Å². The lowest BCUT2D eigenvalue weighted by atomic mass is 9.91. The molecule has 4 heteroatoms. The fraction of sp³-hybridized carbons (Fsp3) is 0.417. The van der Waals surface area contributed by atoms with Gasteiger partial charge in [0.2, 0.25) is 0 Å². The summed E-state index contributed by atoms with van der Waals surface area (Å²) in [4.78, 5) is 10.9. The number of anilines is 1. The van der Waals surface area contributed by atoms with Crippen molar-refractivity contribution in [3.8, 4) is 0 Å². The van der Waals surface area contributed by atoms with Gasteiger partial charge in [0.1, 0.15) is 6.04 Å². The van der Waals surface area contributed by atoms with E-state index in [1.807, 2.05) is 26.0 Å². The van der Waals surface area contributed by atoms with Gasteiger partial charge in [-0.05, 0) is 30.5 Å². The van der Waals surface area contributed by atoms with E-state index in [2.05, 4.69) is 5.32 Å². The van der Waals surface area contributed by atoms with E-state index >= 15 is 0 Å². The monoisotopic (exact) mass is 220 g/mol. The van der Waals surface area contributed by atoms with Crippen molar-refractivity contribution in [1.29, 1.82) is 0 Å². The van der Waals surface area contributed by atoms with Gasteiger partial charge >= 0.3 is 5.97 Å². The Morgan fingerprint density at radius 2 is 2.25 bits per heavy atom. The number of fused-ring (bicyclic) bond motifs is 1. The number of hydrogen-bond acceptors (Lipinski definition) is 3. The molecule has 0 saturated carbocycles. The fourth-order valence-corrected chi connectivity index (χ4v) is 2.19. The molecule has 0 amide bonds. The molecular formula is C12H16N2O2. The summed E-state index contributed by atoms with van der Waals surface area (Å²) >= 11 is 0. The molecule has 0 aromatic heterocycles. The van der Waals surface area contributed by atoms with Crippen molar-refractivity contribution in [3.63, 3.8) is 0 Å². The average Bonchev–Trinajstić information content (AvgIpc) is 2.66. The molecule has 1 heterocycles. The number of rotatable bonds is 2. The molecule has 4 N–H and O–H groups in total. The third kappa shape index (κ3) is 1.55. The van der Waals surface area contributed by atoms with Gasteiger partial charge in [0, 0.05) is 18.2 Å². The zero-order valence-corrected chi connectivity index (χ0v) is 9.45. The molecule has 2 unspecified atom stereocenters. The second-order valence-electron chi connectivity index (χ2n) is 4.32. The predicted octanol–water partition coefficient (Wildman–Crippen LogP) is 1.22. The van der Waals surface area contributed by atoms with Crippen LogP contribution >= 0.6 is 0 Å². The molecule has 0 radical (unpaired) electrons. The molecule has 1 aliphatic rings. The summed E-state index contributed by atoms with van der Waals surface area (Å²) in [7, 11) is 0. The van der Waals surface area contributed by atoms with E-state index in [9.17, 15) is 4.79 Å². The minimum Gasteiger partial charge on any atom is -0.480 e. The number of benzene rings is 1. The third-order valence-corrected chi connectivity index (χ3v) is 3.38. The lowest BCUT2D eigenvalue weighted by molar-refractivity contribution is -0.138. The van der Waals surface area contributed by atoms with E-state index in [4.69, 9.17) is 10.8 Å². The van der Waals surface area contributed by atoms with Crippen LogP contribution in [0.4, 0.5) is 5.69 Å². The largest absolute Gasteiger partial charge is 0.480 e. The maximum Gasteiger partial charge on any atom is 0.321 e. The molecule has 1 aromatic carbocycles. The van der Waals surface area contributed by atoms with Crippen molar-refractivity contribution in [1.82, 2.24) is 0 Å². The molecule has 16 heavy (non-hydrogen) atoms. The number of aliphatic carboxylic acids is 1. The van der Waals surface area contributed by atoms with Crippen molar-refractivity contribution < 1.29 is 9.90 Å². The smallest absolute Gasteiger partial charge is 0.321 e. The highest BCUT2D eigenvalue weighted by Crippen LogP contribution is 2.36. The lowest BCUT2D eigenvalue weighted by Gasteiger charge is -2.15. The summed E-state index contributed by atoms with van der Waals surface area (Å²) in [6.07, 6.45) is 0. The third-order valence-electron chi connectivity index (χ3n) is 3.38. The molecule has 2 atom stereocenters. The van der Waals surface area contributed by atoms with Crippen molar-refractivity contribution >= 4 is 11.7 Å². The van der Waals surface area contributed by atoms with Crippen LogP contribution in [0.2, 0.25) is 0 Å². The average molecular weight is 220 g/mol. The van der Waals surface area contributed by atoms with Crippen LogP contribution in [0.1, 0.15) is 22.6 Å². The molecule has 0 fully saturated rings. The van der Waals surface area contributed by atoms with E-state index in [0.29, 0.717) is 6.54 Å². The second-order valence-corrected chi connectivity index (χ2v) is 4.32.